The first-order chi connectivity index (χ1) is 9.58. The lowest BCUT2D eigenvalue weighted by atomic mass is 10.3. The van der Waals surface area contributed by atoms with E-state index in [-0.39, 0.29) is 24.9 Å². The van der Waals surface area contributed by atoms with Gasteiger partial charge in [0.1, 0.15) is 6.54 Å². The third-order valence-corrected chi connectivity index (χ3v) is 3.08. The minimum Gasteiger partial charge on any atom is -0.298 e. The third kappa shape index (κ3) is 1.83. The quantitative estimate of drug-likeness (QED) is 0.820. The number of amides is 1. The molecular formula is C13H12N4O3. The van der Waals surface area contributed by atoms with E-state index in [1.54, 1.807) is 12.1 Å². The van der Waals surface area contributed by atoms with Crippen LogP contribution in [0.2, 0.25) is 0 Å². The van der Waals surface area contributed by atoms with E-state index in [1.807, 2.05) is 18.2 Å². The van der Waals surface area contributed by atoms with Crippen LogP contribution in [0.1, 0.15) is 12.7 Å². The highest BCUT2D eigenvalue weighted by Crippen LogP contribution is 2.22. The molecule has 102 valence electrons. The second kappa shape index (κ2) is 4.44. The molecule has 2 aromatic rings. The van der Waals surface area contributed by atoms with Crippen molar-refractivity contribution in [3.05, 3.63) is 46.6 Å². The lowest BCUT2D eigenvalue weighted by Crippen LogP contribution is -2.35. The zero-order chi connectivity index (χ0) is 14.3. The molecule has 3 rings (SSSR count). The highest BCUT2D eigenvalue weighted by atomic mass is 16.2. The van der Waals surface area contributed by atoms with Crippen molar-refractivity contribution in [3.8, 4) is 0 Å². The van der Waals surface area contributed by atoms with E-state index in [0.29, 0.717) is 5.82 Å². The van der Waals surface area contributed by atoms with Crippen molar-refractivity contribution in [1.29, 1.82) is 0 Å². The van der Waals surface area contributed by atoms with Crippen LogP contribution in [0, 0.1) is 0 Å². The molecule has 0 aliphatic carbocycles. The molecule has 0 saturated heterocycles. The van der Waals surface area contributed by atoms with Gasteiger partial charge in [0.15, 0.2) is 11.6 Å². The van der Waals surface area contributed by atoms with E-state index >= 15 is 0 Å². The Balaban J connectivity index is 2.02. The van der Waals surface area contributed by atoms with Crippen LogP contribution in [-0.4, -0.2) is 26.2 Å². The van der Waals surface area contributed by atoms with Crippen molar-refractivity contribution in [2.75, 3.05) is 4.90 Å². The summed E-state index contributed by atoms with van der Waals surface area (Å²) in [6.45, 7) is 1.43. The molecule has 7 heteroatoms. The molecule has 7 nitrogen and oxygen atoms in total. The molecule has 1 aliphatic rings. The largest absolute Gasteiger partial charge is 0.365 e. The number of anilines is 1. The Bertz CT molecular complexity index is 745. The Morgan fingerprint density at radius 1 is 1.25 bits per heavy atom. The molecule has 0 saturated carbocycles. The zero-order valence-corrected chi connectivity index (χ0v) is 10.8. The number of hydrogen-bond acceptors (Lipinski definition) is 4. The van der Waals surface area contributed by atoms with Gasteiger partial charge in [-0.25, -0.2) is 14.3 Å². The number of rotatable bonds is 3. The van der Waals surface area contributed by atoms with Gasteiger partial charge in [-0.3, -0.25) is 9.69 Å². The second-order valence-electron chi connectivity index (χ2n) is 4.59. The van der Waals surface area contributed by atoms with Crippen molar-refractivity contribution >= 4 is 17.5 Å². The van der Waals surface area contributed by atoms with Crippen molar-refractivity contribution < 1.29 is 9.59 Å². The summed E-state index contributed by atoms with van der Waals surface area (Å²) in [5, 5.41) is 0. The SMILES string of the molecule is CC(=O)Cn1c(=O)nc2n1C(=O)N(c1ccccc1)C2. The van der Waals surface area contributed by atoms with E-state index in [4.69, 9.17) is 0 Å². The summed E-state index contributed by atoms with van der Waals surface area (Å²) in [5.74, 6) is 0.144. The third-order valence-electron chi connectivity index (χ3n) is 3.08. The maximum absolute atomic E-state index is 12.4. The lowest BCUT2D eigenvalue weighted by molar-refractivity contribution is -0.117. The van der Waals surface area contributed by atoms with Crippen molar-refractivity contribution in [2.45, 2.75) is 20.0 Å². The van der Waals surface area contributed by atoms with Gasteiger partial charge in [0.2, 0.25) is 0 Å². The number of Topliss-reactive ketones (excluding diaryl/α,β-unsaturated/α-hetero) is 1. The molecule has 1 amide bonds. The van der Waals surface area contributed by atoms with Crippen molar-refractivity contribution in [1.82, 2.24) is 14.3 Å². The highest BCUT2D eigenvalue weighted by Gasteiger charge is 2.33. The average molecular weight is 272 g/mol. The van der Waals surface area contributed by atoms with Crippen LogP contribution in [0.15, 0.2) is 35.1 Å². The molecule has 1 aromatic carbocycles. The van der Waals surface area contributed by atoms with Gasteiger partial charge in [-0.05, 0) is 19.1 Å². The van der Waals surface area contributed by atoms with E-state index in [2.05, 4.69) is 4.98 Å². The molecule has 1 aliphatic heterocycles. The topological polar surface area (TPSA) is 77.2 Å². The molecule has 0 bridgehead atoms. The fourth-order valence-electron chi connectivity index (χ4n) is 2.24. The van der Waals surface area contributed by atoms with Crippen molar-refractivity contribution in [2.24, 2.45) is 0 Å². The number of carbonyl (C=O) groups excluding carboxylic acids is 2. The van der Waals surface area contributed by atoms with Crippen LogP contribution in [-0.2, 0) is 17.9 Å². The van der Waals surface area contributed by atoms with Gasteiger partial charge < -0.3 is 0 Å². The second-order valence-corrected chi connectivity index (χ2v) is 4.59. The summed E-state index contributed by atoms with van der Waals surface area (Å²) in [4.78, 5) is 40.6. The molecule has 0 atom stereocenters. The van der Waals surface area contributed by atoms with Gasteiger partial charge >= 0.3 is 11.7 Å². The monoisotopic (exact) mass is 272 g/mol. The Labute approximate surface area is 114 Å². The Hall–Kier alpha value is -2.70. The molecule has 0 fully saturated rings. The molecule has 1 aromatic heterocycles. The van der Waals surface area contributed by atoms with E-state index in [1.165, 1.54) is 16.5 Å². The van der Waals surface area contributed by atoms with Gasteiger partial charge in [0.05, 0.1) is 6.54 Å². The normalized spacial score (nSPS) is 13.7. The molecule has 0 unspecified atom stereocenters. The first-order valence-electron chi connectivity index (χ1n) is 6.13. The molecule has 0 N–H and O–H groups in total. The molecule has 0 spiro atoms. The standard InChI is InChI=1S/C13H12N4O3/c1-9(18)7-16-12(19)14-11-8-15(13(20)17(11)16)10-5-3-2-4-6-10/h2-6H,7-8H2,1H3. The Kier molecular flexibility index (Phi) is 2.74. The summed E-state index contributed by atoms with van der Waals surface area (Å²) in [7, 11) is 0. The summed E-state index contributed by atoms with van der Waals surface area (Å²) in [6, 6.07) is 8.74. The van der Waals surface area contributed by atoms with Crippen LogP contribution in [0.25, 0.3) is 0 Å². The summed E-state index contributed by atoms with van der Waals surface area (Å²) in [5.41, 5.74) is 0.154. The maximum Gasteiger partial charge on any atom is 0.365 e. The van der Waals surface area contributed by atoms with Crippen LogP contribution in [0.5, 0.6) is 0 Å². The fraction of sp³-hybridized carbons (Fsp3) is 0.231. The first kappa shape index (κ1) is 12.3. The van der Waals surface area contributed by atoms with E-state index in [0.717, 1.165) is 10.4 Å². The number of ketones is 1. The highest BCUT2D eigenvalue weighted by molar-refractivity contribution is 5.95. The predicted molar refractivity (Wildman–Crippen MR) is 70.6 cm³/mol. The molecule has 2 heterocycles. The van der Waals surface area contributed by atoms with Crippen LogP contribution in [0.4, 0.5) is 10.5 Å². The van der Waals surface area contributed by atoms with Crippen LogP contribution < -0.4 is 10.6 Å². The number of para-hydroxylation sites is 1. The Morgan fingerprint density at radius 2 is 1.95 bits per heavy atom. The van der Waals surface area contributed by atoms with E-state index < -0.39 is 5.69 Å². The summed E-state index contributed by atoms with van der Waals surface area (Å²) < 4.78 is 2.25. The van der Waals surface area contributed by atoms with Gasteiger partial charge in [0.25, 0.3) is 0 Å². The maximum atomic E-state index is 12.4. The minimum absolute atomic E-state index is 0.153. The molecular weight excluding hydrogens is 260 g/mol. The smallest absolute Gasteiger partial charge is 0.298 e. The first-order valence-corrected chi connectivity index (χ1v) is 6.13. The number of hydrogen-bond donors (Lipinski definition) is 0. The van der Waals surface area contributed by atoms with Gasteiger partial charge in [-0.2, -0.15) is 9.67 Å². The molecule has 0 radical (unpaired) electrons. The summed E-state index contributed by atoms with van der Waals surface area (Å²) in [6.07, 6.45) is 0. The fourth-order valence-corrected chi connectivity index (χ4v) is 2.24. The van der Waals surface area contributed by atoms with Crippen LogP contribution >= 0.6 is 0 Å². The lowest BCUT2D eigenvalue weighted by Gasteiger charge is -2.15. The van der Waals surface area contributed by atoms with Gasteiger partial charge in [0, 0.05) is 5.69 Å². The Morgan fingerprint density at radius 3 is 2.60 bits per heavy atom. The van der Waals surface area contributed by atoms with Gasteiger partial charge in [-0.15, -0.1) is 0 Å². The number of nitrogens with zero attached hydrogens (tertiary/aromatic N) is 4. The number of benzene rings is 1. The predicted octanol–water partition coefficient (Wildman–Crippen LogP) is 0.622. The van der Waals surface area contributed by atoms with Gasteiger partial charge in [-0.1, -0.05) is 18.2 Å². The van der Waals surface area contributed by atoms with E-state index in [9.17, 15) is 14.4 Å². The summed E-state index contributed by atoms with van der Waals surface area (Å²) >= 11 is 0. The van der Waals surface area contributed by atoms with Crippen molar-refractivity contribution in [3.63, 3.8) is 0 Å². The number of fused-ring (bicyclic) bond motifs is 1. The number of aromatic nitrogens is 3. The number of carbonyl (C=O) groups is 2. The average Bonchev–Trinajstić information content (AvgIpc) is 2.89. The minimum atomic E-state index is -0.573. The molecule has 20 heavy (non-hydrogen) atoms. The zero-order valence-electron chi connectivity index (χ0n) is 10.8. The van der Waals surface area contributed by atoms with Crippen LogP contribution in [0.3, 0.4) is 0 Å².